The zero-order valence-electron chi connectivity index (χ0n) is 12.6. The van der Waals surface area contributed by atoms with Gasteiger partial charge in [0.25, 0.3) is 0 Å². The molecule has 1 aliphatic heterocycles. The molecule has 0 aromatic carbocycles. The van der Waals surface area contributed by atoms with E-state index in [1.807, 2.05) is 10.9 Å². The van der Waals surface area contributed by atoms with Crippen LogP contribution in [-0.2, 0) is 16.0 Å². The smallest absolute Gasteiger partial charge is 0.0728 e. The van der Waals surface area contributed by atoms with Crippen molar-refractivity contribution in [2.45, 2.75) is 45.4 Å². The van der Waals surface area contributed by atoms with Gasteiger partial charge in [0, 0.05) is 37.3 Å². The number of fused-ring (bicyclic) bond motifs is 1. The van der Waals surface area contributed by atoms with Gasteiger partial charge in [-0.15, -0.1) is 0 Å². The fourth-order valence-electron chi connectivity index (χ4n) is 3.74. The fraction of sp³-hybridized carbons (Fsp3) is 0.800. The molecule has 2 aliphatic rings. The van der Waals surface area contributed by atoms with Crippen LogP contribution in [0, 0.1) is 11.3 Å². The molecule has 1 saturated carbocycles. The highest BCUT2D eigenvalue weighted by Gasteiger charge is 2.57. The van der Waals surface area contributed by atoms with Crippen molar-refractivity contribution in [3.05, 3.63) is 12.4 Å². The minimum absolute atomic E-state index is 0.194. The third-order valence-electron chi connectivity index (χ3n) is 4.81. The molecular weight excluding hydrogens is 254 g/mol. The molecule has 5 heteroatoms. The molecular formula is C15H25N3O2. The lowest BCUT2D eigenvalue weighted by Crippen LogP contribution is -2.67. The van der Waals surface area contributed by atoms with Crippen molar-refractivity contribution < 1.29 is 9.47 Å². The van der Waals surface area contributed by atoms with Gasteiger partial charge in [-0.2, -0.15) is 5.10 Å². The first kappa shape index (κ1) is 13.9. The number of hydrogen-bond donors (Lipinski definition) is 1. The highest BCUT2D eigenvalue weighted by molar-refractivity contribution is 5.42. The van der Waals surface area contributed by atoms with Gasteiger partial charge in [-0.1, -0.05) is 13.8 Å². The molecule has 5 nitrogen and oxygen atoms in total. The number of hydrogen-bond acceptors (Lipinski definition) is 4. The van der Waals surface area contributed by atoms with E-state index in [1.165, 1.54) is 12.8 Å². The first-order valence-corrected chi connectivity index (χ1v) is 7.52. The van der Waals surface area contributed by atoms with Crippen molar-refractivity contribution >= 4 is 5.69 Å². The Labute approximate surface area is 120 Å². The van der Waals surface area contributed by atoms with Crippen molar-refractivity contribution in [1.29, 1.82) is 0 Å². The Morgan fingerprint density at radius 1 is 1.55 bits per heavy atom. The number of rotatable bonds is 5. The third kappa shape index (κ3) is 2.33. The van der Waals surface area contributed by atoms with Crippen LogP contribution >= 0.6 is 0 Å². The van der Waals surface area contributed by atoms with Crippen LogP contribution in [0.5, 0.6) is 0 Å². The summed E-state index contributed by atoms with van der Waals surface area (Å²) in [4.78, 5) is 0. The van der Waals surface area contributed by atoms with E-state index < -0.39 is 0 Å². The largest absolute Gasteiger partial charge is 0.383 e. The molecule has 3 rings (SSSR count). The average Bonchev–Trinajstić information content (AvgIpc) is 2.90. The Hall–Kier alpha value is -1.07. The lowest BCUT2D eigenvalue weighted by Gasteiger charge is -2.60. The van der Waals surface area contributed by atoms with Crippen LogP contribution in [0.3, 0.4) is 0 Å². The summed E-state index contributed by atoms with van der Waals surface area (Å²) in [6.45, 7) is 7.00. The number of anilines is 1. The number of ether oxygens (including phenoxy) is 2. The zero-order valence-corrected chi connectivity index (χ0v) is 12.6. The standard InChI is InChI=1S/C15H25N3O2/c1-15(2)13(12-5-4-7-20-14(12)15)17-11-9-16-18(10-11)6-8-19-3/h9-10,12-14,17H,4-8H2,1-3H3. The predicted molar refractivity (Wildman–Crippen MR) is 77.8 cm³/mol. The summed E-state index contributed by atoms with van der Waals surface area (Å²) < 4.78 is 12.9. The maximum absolute atomic E-state index is 5.94. The Balaban J connectivity index is 1.63. The molecule has 3 unspecified atom stereocenters. The molecule has 2 fully saturated rings. The second-order valence-corrected chi connectivity index (χ2v) is 6.53. The highest BCUT2D eigenvalue weighted by atomic mass is 16.5. The van der Waals surface area contributed by atoms with Gasteiger partial charge in [-0.3, -0.25) is 4.68 Å². The molecule has 0 amide bonds. The van der Waals surface area contributed by atoms with Crippen molar-refractivity contribution in [1.82, 2.24) is 9.78 Å². The molecule has 0 bridgehead atoms. The van der Waals surface area contributed by atoms with E-state index in [2.05, 4.69) is 30.5 Å². The van der Waals surface area contributed by atoms with Gasteiger partial charge in [0.2, 0.25) is 0 Å². The monoisotopic (exact) mass is 279 g/mol. The summed E-state index contributed by atoms with van der Waals surface area (Å²) in [7, 11) is 1.71. The van der Waals surface area contributed by atoms with Crippen molar-refractivity contribution in [2.75, 3.05) is 25.6 Å². The van der Waals surface area contributed by atoms with Gasteiger partial charge in [-0.05, 0) is 12.8 Å². The van der Waals surface area contributed by atoms with Crippen molar-refractivity contribution in [3.63, 3.8) is 0 Å². The molecule has 1 N–H and O–H groups in total. The van der Waals surface area contributed by atoms with E-state index >= 15 is 0 Å². The van der Waals surface area contributed by atoms with Gasteiger partial charge >= 0.3 is 0 Å². The SMILES string of the molecule is COCCn1cc(NC2C3CCCOC3C2(C)C)cn1. The van der Waals surface area contributed by atoms with Gasteiger partial charge in [-0.25, -0.2) is 0 Å². The minimum atomic E-state index is 0.194. The molecule has 112 valence electrons. The van der Waals surface area contributed by atoms with Gasteiger partial charge in [0.1, 0.15) is 0 Å². The maximum Gasteiger partial charge on any atom is 0.0728 e. The average molecular weight is 279 g/mol. The van der Waals surface area contributed by atoms with E-state index in [4.69, 9.17) is 9.47 Å². The summed E-state index contributed by atoms with van der Waals surface area (Å²) in [5, 5.41) is 8.02. The molecule has 2 heterocycles. The number of nitrogens with zero attached hydrogens (tertiary/aromatic N) is 2. The van der Waals surface area contributed by atoms with Crippen molar-refractivity contribution in [3.8, 4) is 0 Å². The molecule has 1 aromatic heterocycles. The van der Waals surface area contributed by atoms with E-state index in [1.54, 1.807) is 7.11 Å². The molecule has 0 radical (unpaired) electrons. The first-order valence-electron chi connectivity index (χ1n) is 7.52. The summed E-state index contributed by atoms with van der Waals surface area (Å²) in [5.41, 5.74) is 1.29. The summed E-state index contributed by atoms with van der Waals surface area (Å²) >= 11 is 0. The molecule has 3 atom stereocenters. The fourth-order valence-corrected chi connectivity index (χ4v) is 3.74. The Morgan fingerprint density at radius 3 is 3.20 bits per heavy atom. The zero-order chi connectivity index (χ0) is 14.2. The number of aromatic nitrogens is 2. The molecule has 1 aliphatic carbocycles. The van der Waals surface area contributed by atoms with Crippen LogP contribution in [0.4, 0.5) is 5.69 Å². The Kier molecular flexibility index (Phi) is 3.73. The van der Waals surface area contributed by atoms with Crippen LogP contribution in [-0.4, -0.2) is 42.2 Å². The summed E-state index contributed by atoms with van der Waals surface area (Å²) in [6, 6.07) is 0.480. The summed E-state index contributed by atoms with van der Waals surface area (Å²) in [6.07, 6.45) is 6.83. The van der Waals surface area contributed by atoms with Crippen LogP contribution < -0.4 is 5.32 Å². The Morgan fingerprint density at radius 2 is 2.40 bits per heavy atom. The summed E-state index contributed by atoms with van der Waals surface area (Å²) in [5.74, 6) is 0.640. The topological polar surface area (TPSA) is 48.3 Å². The van der Waals surface area contributed by atoms with Crippen molar-refractivity contribution in [2.24, 2.45) is 11.3 Å². The molecule has 0 spiro atoms. The maximum atomic E-state index is 5.94. The molecule has 1 aromatic rings. The van der Waals surface area contributed by atoms with Crippen LogP contribution in [0.1, 0.15) is 26.7 Å². The van der Waals surface area contributed by atoms with Gasteiger partial charge < -0.3 is 14.8 Å². The lowest BCUT2D eigenvalue weighted by molar-refractivity contribution is -0.177. The second-order valence-electron chi connectivity index (χ2n) is 6.53. The van der Waals surface area contributed by atoms with Crippen LogP contribution in [0.15, 0.2) is 12.4 Å². The Bertz CT molecular complexity index is 458. The second kappa shape index (κ2) is 5.37. The lowest BCUT2D eigenvalue weighted by atomic mass is 9.55. The van der Waals surface area contributed by atoms with Gasteiger partial charge in [0.15, 0.2) is 0 Å². The van der Waals surface area contributed by atoms with E-state index in [9.17, 15) is 0 Å². The van der Waals surface area contributed by atoms with Gasteiger partial charge in [0.05, 0.1) is 31.1 Å². The first-order chi connectivity index (χ1) is 9.63. The number of methoxy groups -OCH3 is 1. The van der Waals surface area contributed by atoms with E-state index in [0.29, 0.717) is 24.7 Å². The molecule has 20 heavy (non-hydrogen) atoms. The normalized spacial score (nSPS) is 31.4. The number of nitrogens with one attached hydrogen (secondary N) is 1. The third-order valence-corrected chi connectivity index (χ3v) is 4.81. The quantitative estimate of drug-likeness (QED) is 0.897. The highest BCUT2D eigenvalue weighted by Crippen LogP contribution is 2.52. The van der Waals surface area contributed by atoms with E-state index in [-0.39, 0.29) is 5.41 Å². The minimum Gasteiger partial charge on any atom is -0.383 e. The predicted octanol–water partition coefficient (Wildman–Crippen LogP) is 2.14. The molecule has 1 saturated heterocycles. The van der Waals surface area contributed by atoms with Crippen LogP contribution in [0.2, 0.25) is 0 Å². The van der Waals surface area contributed by atoms with Crippen LogP contribution in [0.25, 0.3) is 0 Å². The van der Waals surface area contributed by atoms with E-state index in [0.717, 1.165) is 18.8 Å².